The molecule has 2 aromatic carbocycles. The molecule has 3 aromatic rings. The molecule has 0 saturated carbocycles. The van der Waals surface area contributed by atoms with Crippen LogP contribution in [0, 0.1) is 11.8 Å². The summed E-state index contributed by atoms with van der Waals surface area (Å²) in [6.07, 6.45) is 1.23. The first-order valence-corrected chi connectivity index (χ1v) is 13.6. The molecule has 6 rings (SSSR count). The number of rotatable bonds is 7. The Bertz CT molecular complexity index is 1210. The van der Waals surface area contributed by atoms with Crippen LogP contribution in [0.4, 0.5) is 0 Å². The Morgan fingerprint density at radius 3 is 2.54 bits per heavy atom. The number of nitrogens with zero attached hydrogens (tertiary/aromatic N) is 1. The number of ether oxygens (including phenoxy) is 1. The molecular weight excluding hydrogens is 501 g/mol. The predicted molar refractivity (Wildman–Crippen MR) is 140 cm³/mol. The molecule has 0 N–H and O–H groups in total. The van der Waals surface area contributed by atoms with Crippen LogP contribution in [0.25, 0.3) is 0 Å². The van der Waals surface area contributed by atoms with E-state index in [-0.39, 0.29) is 23.6 Å². The van der Waals surface area contributed by atoms with Crippen LogP contribution in [0.2, 0.25) is 10.0 Å². The third-order valence-electron chi connectivity index (χ3n) is 7.81. The van der Waals surface area contributed by atoms with Gasteiger partial charge < -0.3 is 9.22 Å². The number of hydrogen-bond acceptors (Lipinski definition) is 4. The first-order valence-electron chi connectivity index (χ1n) is 12.0. The van der Waals surface area contributed by atoms with Crippen molar-refractivity contribution < 1.29 is 18.8 Å². The first-order chi connectivity index (χ1) is 16.9. The van der Waals surface area contributed by atoms with E-state index in [4.69, 9.17) is 27.9 Å². The summed E-state index contributed by atoms with van der Waals surface area (Å²) >= 11 is 14.1. The summed E-state index contributed by atoms with van der Waals surface area (Å²) in [5, 5.41) is 3.10. The number of quaternary nitrogens is 1. The molecule has 4 nitrogen and oxygen atoms in total. The van der Waals surface area contributed by atoms with E-state index in [0.29, 0.717) is 33.7 Å². The molecule has 0 amide bonds. The standard InChI is InChI=1S/C28H28Cl2NO3S/c1-18-15-20-12-13-31(18,17-25(32)26-7-4-14-35-26)16-23(20)28(33)34-27(19-8-10-21(29)11-9-19)22-5-2-3-6-24(22)30/h2-11,14,18,20,23,27H,12-13,15-17H2,1H3/q+1. The zero-order valence-electron chi connectivity index (χ0n) is 19.5. The summed E-state index contributed by atoms with van der Waals surface area (Å²) in [5.41, 5.74) is 1.57. The van der Waals surface area contributed by atoms with Gasteiger partial charge in [-0.05, 0) is 48.1 Å². The minimum atomic E-state index is -0.623. The highest BCUT2D eigenvalue weighted by molar-refractivity contribution is 7.12. The van der Waals surface area contributed by atoms with Crippen LogP contribution in [-0.4, -0.2) is 41.9 Å². The van der Waals surface area contributed by atoms with Crippen molar-refractivity contribution >= 4 is 46.3 Å². The Balaban J connectivity index is 1.40. The summed E-state index contributed by atoms with van der Waals surface area (Å²) < 4.78 is 6.89. The Morgan fingerprint density at radius 1 is 1.09 bits per heavy atom. The van der Waals surface area contributed by atoms with Gasteiger partial charge in [0.05, 0.1) is 24.0 Å². The molecule has 35 heavy (non-hydrogen) atoms. The minimum Gasteiger partial charge on any atom is -0.452 e. The number of ketones is 1. The number of fused-ring (bicyclic) bond motifs is 3. The maximum absolute atomic E-state index is 13.7. The molecule has 3 aliphatic heterocycles. The lowest BCUT2D eigenvalue weighted by molar-refractivity contribution is -0.959. The van der Waals surface area contributed by atoms with Crippen molar-refractivity contribution in [1.29, 1.82) is 0 Å². The molecule has 3 aliphatic rings. The lowest BCUT2D eigenvalue weighted by Crippen LogP contribution is -2.68. The lowest BCUT2D eigenvalue weighted by Gasteiger charge is -2.55. The van der Waals surface area contributed by atoms with Gasteiger partial charge in [-0.25, -0.2) is 0 Å². The fourth-order valence-corrected chi connectivity index (χ4v) is 6.83. The molecule has 5 unspecified atom stereocenters. The molecule has 0 radical (unpaired) electrons. The summed E-state index contributed by atoms with van der Waals surface area (Å²) in [5.74, 6) is -0.0261. The maximum Gasteiger partial charge on any atom is 0.315 e. The molecular formula is C28H28Cl2NO3S+. The van der Waals surface area contributed by atoms with Gasteiger partial charge >= 0.3 is 5.97 Å². The third kappa shape index (κ3) is 4.92. The van der Waals surface area contributed by atoms with E-state index in [1.54, 1.807) is 18.2 Å². The van der Waals surface area contributed by atoms with Gasteiger partial charge in [0.25, 0.3) is 0 Å². The molecule has 3 fully saturated rings. The largest absolute Gasteiger partial charge is 0.452 e. The van der Waals surface area contributed by atoms with Crippen molar-refractivity contribution in [3.05, 3.63) is 92.1 Å². The Hall–Kier alpha value is -2.18. The van der Waals surface area contributed by atoms with Crippen molar-refractivity contribution in [2.45, 2.75) is 31.9 Å². The number of carbonyl (C=O) groups is 2. The van der Waals surface area contributed by atoms with Crippen LogP contribution in [0.1, 0.15) is 46.7 Å². The number of Topliss-reactive ketones (excluding diaryl/α,β-unsaturated/α-hetero) is 1. The highest BCUT2D eigenvalue weighted by Gasteiger charge is 2.54. The molecule has 0 spiro atoms. The average Bonchev–Trinajstić information content (AvgIpc) is 3.40. The van der Waals surface area contributed by atoms with Crippen LogP contribution in [0.15, 0.2) is 66.0 Å². The van der Waals surface area contributed by atoms with Crippen molar-refractivity contribution in [3.8, 4) is 0 Å². The Kier molecular flexibility index (Phi) is 7.04. The zero-order chi connectivity index (χ0) is 24.6. The summed E-state index contributed by atoms with van der Waals surface area (Å²) in [6, 6.07) is 18.9. The van der Waals surface area contributed by atoms with E-state index in [1.807, 2.05) is 47.8 Å². The van der Waals surface area contributed by atoms with Gasteiger partial charge in [0.1, 0.15) is 12.5 Å². The van der Waals surface area contributed by atoms with Crippen LogP contribution >= 0.6 is 34.5 Å². The van der Waals surface area contributed by atoms with Crippen LogP contribution in [-0.2, 0) is 9.53 Å². The predicted octanol–water partition coefficient (Wildman–Crippen LogP) is 6.82. The molecule has 182 valence electrons. The van der Waals surface area contributed by atoms with Gasteiger partial charge in [-0.2, -0.15) is 0 Å². The maximum atomic E-state index is 13.7. The zero-order valence-corrected chi connectivity index (χ0v) is 21.9. The van der Waals surface area contributed by atoms with E-state index in [2.05, 4.69) is 6.92 Å². The quantitative estimate of drug-likeness (QED) is 0.192. The lowest BCUT2D eigenvalue weighted by atomic mass is 9.73. The van der Waals surface area contributed by atoms with Crippen molar-refractivity contribution in [2.75, 3.05) is 19.6 Å². The van der Waals surface area contributed by atoms with Gasteiger partial charge in [0.2, 0.25) is 5.78 Å². The monoisotopic (exact) mass is 528 g/mol. The SMILES string of the molecule is CC1CC2CC[N+]1(CC(=O)c1cccs1)CC2C(=O)OC(c1ccc(Cl)cc1)c1ccccc1Cl. The molecule has 2 bridgehead atoms. The fraction of sp³-hybridized carbons (Fsp3) is 0.357. The van der Waals surface area contributed by atoms with Crippen molar-refractivity contribution in [3.63, 3.8) is 0 Å². The summed E-state index contributed by atoms with van der Waals surface area (Å²) in [7, 11) is 0. The second-order valence-corrected chi connectivity index (χ2v) is 11.6. The number of benzene rings is 2. The normalized spacial score (nSPS) is 26.3. The van der Waals surface area contributed by atoms with Gasteiger partial charge in [-0.3, -0.25) is 9.59 Å². The van der Waals surface area contributed by atoms with Gasteiger partial charge in [0.15, 0.2) is 6.10 Å². The molecule has 5 atom stereocenters. The number of piperidine rings is 3. The average molecular weight is 530 g/mol. The topological polar surface area (TPSA) is 43.4 Å². The van der Waals surface area contributed by atoms with E-state index >= 15 is 0 Å². The molecule has 0 aliphatic carbocycles. The van der Waals surface area contributed by atoms with Crippen LogP contribution < -0.4 is 0 Å². The minimum absolute atomic E-state index is 0.162. The molecule has 3 saturated heterocycles. The Labute approximate surface area is 220 Å². The number of carbonyl (C=O) groups excluding carboxylic acids is 2. The highest BCUT2D eigenvalue weighted by Crippen LogP contribution is 2.44. The first kappa shape index (κ1) is 24.5. The van der Waals surface area contributed by atoms with Gasteiger partial charge in [-0.15, -0.1) is 11.3 Å². The van der Waals surface area contributed by atoms with E-state index < -0.39 is 6.10 Å². The van der Waals surface area contributed by atoms with E-state index in [1.165, 1.54) is 11.3 Å². The van der Waals surface area contributed by atoms with Crippen molar-refractivity contribution in [2.24, 2.45) is 11.8 Å². The molecule has 7 heteroatoms. The molecule has 1 aromatic heterocycles. The number of halogens is 2. The Morgan fingerprint density at radius 2 is 1.86 bits per heavy atom. The number of hydrogen-bond donors (Lipinski definition) is 0. The van der Waals surface area contributed by atoms with Crippen LogP contribution in [0.3, 0.4) is 0 Å². The third-order valence-corrected chi connectivity index (χ3v) is 9.31. The van der Waals surface area contributed by atoms with Gasteiger partial charge in [-0.1, -0.05) is 59.6 Å². The summed E-state index contributed by atoms with van der Waals surface area (Å²) in [4.78, 5) is 27.5. The number of thiophene rings is 1. The van der Waals surface area contributed by atoms with E-state index in [9.17, 15) is 9.59 Å². The smallest absolute Gasteiger partial charge is 0.315 e. The van der Waals surface area contributed by atoms with Crippen molar-refractivity contribution in [1.82, 2.24) is 0 Å². The molecule has 4 heterocycles. The second kappa shape index (κ2) is 10.1. The van der Waals surface area contributed by atoms with Gasteiger partial charge in [0, 0.05) is 28.5 Å². The fourth-order valence-electron chi connectivity index (χ4n) is 5.81. The highest BCUT2D eigenvalue weighted by atomic mass is 35.5. The van der Waals surface area contributed by atoms with Crippen LogP contribution in [0.5, 0.6) is 0 Å². The second-order valence-electron chi connectivity index (χ2n) is 9.81. The number of esters is 1. The van der Waals surface area contributed by atoms with E-state index in [0.717, 1.165) is 35.4 Å². The summed E-state index contributed by atoms with van der Waals surface area (Å²) in [6.45, 7) is 4.22.